The molecular formula is C28H29N9O3. The maximum atomic E-state index is 13.7. The molecule has 6 rings (SSSR count). The van der Waals surface area contributed by atoms with Gasteiger partial charge < -0.3 is 25.0 Å². The molecule has 0 bridgehead atoms. The molecule has 1 aliphatic rings. The van der Waals surface area contributed by atoms with E-state index >= 15 is 0 Å². The molecule has 4 heterocycles. The Balaban J connectivity index is 1.37. The minimum atomic E-state index is -0.323. The van der Waals surface area contributed by atoms with Crippen LogP contribution in [0.25, 0.3) is 21.8 Å². The van der Waals surface area contributed by atoms with Gasteiger partial charge in [0.15, 0.2) is 11.5 Å². The number of methoxy groups -OCH3 is 1. The van der Waals surface area contributed by atoms with Gasteiger partial charge in [-0.1, -0.05) is 0 Å². The number of aryl methyl sites for hydroxylation is 1. The van der Waals surface area contributed by atoms with E-state index in [-0.39, 0.29) is 11.9 Å². The zero-order valence-corrected chi connectivity index (χ0v) is 22.6. The molecule has 5 aromatic rings. The van der Waals surface area contributed by atoms with E-state index in [4.69, 9.17) is 9.47 Å². The Bertz CT molecular complexity index is 1700. The van der Waals surface area contributed by atoms with Crippen molar-refractivity contribution in [3.63, 3.8) is 0 Å². The first kappa shape index (κ1) is 25.4. The monoisotopic (exact) mass is 539 g/mol. The molecule has 0 spiro atoms. The van der Waals surface area contributed by atoms with Gasteiger partial charge in [-0.3, -0.25) is 9.48 Å². The highest BCUT2D eigenvalue weighted by Gasteiger charge is 2.25. The molecule has 40 heavy (non-hydrogen) atoms. The third-order valence-corrected chi connectivity index (χ3v) is 6.74. The van der Waals surface area contributed by atoms with Crippen molar-refractivity contribution >= 4 is 39.1 Å². The predicted octanol–water partition coefficient (Wildman–Crippen LogP) is 3.55. The fraction of sp³-hybridized carbons (Fsp3) is 0.286. The van der Waals surface area contributed by atoms with Gasteiger partial charge in [-0.2, -0.15) is 10.1 Å². The van der Waals surface area contributed by atoms with Crippen LogP contribution >= 0.6 is 0 Å². The van der Waals surface area contributed by atoms with Crippen LogP contribution in [0.4, 0.5) is 11.4 Å². The highest BCUT2D eigenvalue weighted by Crippen LogP contribution is 2.34. The highest BCUT2D eigenvalue weighted by atomic mass is 16.5. The lowest BCUT2D eigenvalue weighted by Gasteiger charge is -2.38. The second-order valence-corrected chi connectivity index (χ2v) is 9.97. The molecule has 1 aliphatic heterocycles. The van der Waals surface area contributed by atoms with E-state index in [0.717, 1.165) is 29.5 Å². The number of anilines is 2. The fourth-order valence-corrected chi connectivity index (χ4v) is 5.21. The standard InChI is InChI=1S/C28H29N9O3/c1-16-12-37(13-17(2)32-16)23-6-5-21(26-22(23)11-31-28(34-26)39-4)27(38)33-19-7-18-14-36(3)35-25(18)24(8-19)40-20-9-29-15-30-10-20/h5-11,14-17,32H,12-13H2,1-4H3,(H,33,38)/t16-,17-/m1/s1. The Morgan fingerprint density at radius 2 is 1.85 bits per heavy atom. The SMILES string of the molecule is COc1ncc2c(N3C[C@@H](C)N[C@H](C)C3)ccc(C(=O)Nc3cc(Oc4cncnc4)c4nn(C)cc4c3)c2n1. The summed E-state index contributed by atoms with van der Waals surface area (Å²) in [5.41, 5.74) is 3.09. The second-order valence-electron chi connectivity index (χ2n) is 9.97. The van der Waals surface area contributed by atoms with Crippen molar-refractivity contribution in [1.82, 2.24) is 35.0 Å². The first-order valence-electron chi connectivity index (χ1n) is 12.9. The molecule has 1 fully saturated rings. The lowest BCUT2D eigenvalue weighted by molar-refractivity contribution is 0.102. The molecule has 2 atom stereocenters. The van der Waals surface area contributed by atoms with Crippen LogP contribution in [0.3, 0.4) is 0 Å². The molecule has 0 radical (unpaired) electrons. The molecule has 3 aromatic heterocycles. The largest absolute Gasteiger partial charge is 0.467 e. The molecule has 1 amide bonds. The summed E-state index contributed by atoms with van der Waals surface area (Å²) in [6, 6.07) is 8.19. The van der Waals surface area contributed by atoms with Gasteiger partial charge in [0.1, 0.15) is 11.8 Å². The molecular weight excluding hydrogens is 510 g/mol. The number of fused-ring (bicyclic) bond motifs is 2. The quantitative estimate of drug-likeness (QED) is 0.330. The van der Waals surface area contributed by atoms with Crippen LogP contribution < -0.4 is 25.0 Å². The number of ether oxygens (including phenoxy) is 2. The average Bonchev–Trinajstić information content (AvgIpc) is 3.32. The van der Waals surface area contributed by atoms with Gasteiger partial charge in [0, 0.05) is 72.8 Å². The lowest BCUT2D eigenvalue weighted by Crippen LogP contribution is -2.54. The minimum Gasteiger partial charge on any atom is -0.467 e. The van der Waals surface area contributed by atoms with Crippen molar-refractivity contribution in [2.45, 2.75) is 25.9 Å². The summed E-state index contributed by atoms with van der Waals surface area (Å²) in [6.07, 6.45) is 8.13. The number of carbonyl (C=O) groups is 1. The molecule has 204 valence electrons. The normalized spacial score (nSPS) is 17.2. The predicted molar refractivity (Wildman–Crippen MR) is 151 cm³/mol. The third-order valence-electron chi connectivity index (χ3n) is 6.74. The maximum absolute atomic E-state index is 13.7. The Morgan fingerprint density at radius 1 is 1.07 bits per heavy atom. The summed E-state index contributed by atoms with van der Waals surface area (Å²) in [5.74, 6) is 0.603. The Hall–Kier alpha value is -4.84. The number of amides is 1. The van der Waals surface area contributed by atoms with Crippen molar-refractivity contribution in [2.24, 2.45) is 7.05 Å². The summed E-state index contributed by atoms with van der Waals surface area (Å²) >= 11 is 0. The molecule has 12 nitrogen and oxygen atoms in total. The Kier molecular flexibility index (Phi) is 6.60. The Labute approximate surface area is 230 Å². The van der Waals surface area contributed by atoms with E-state index in [1.807, 2.05) is 25.4 Å². The van der Waals surface area contributed by atoms with Crippen molar-refractivity contribution in [1.29, 1.82) is 0 Å². The number of hydrogen-bond donors (Lipinski definition) is 2. The number of benzene rings is 2. The van der Waals surface area contributed by atoms with Crippen LogP contribution in [0.2, 0.25) is 0 Å². The summed E-state index contributed by atoms with van der Waals surface area (Å²) in [6.45, 7) is 5.98. The van der Waals surface area contributed by atoms with Crippen LogP contribution in [0, 0.1) is 0 Å². The molecule has 1 saturated heterocycles. The third kappa shape index (κ3) is 4.96. The first-order valence-corrected chi connectivity index (χ1v) is 12.9. The molecule has 2 N–H and O–H groups in total. The van der Waals surface area contributed by atoms with Gasteiger partial charge in [-0.15, -0.1) is 0 Å². The van der Waals surface area contributed by atoms with Crippen molar-refractivity contribution < 1.29 is 14.3 Å². The van der Waals surface area contributed by atoms with Gasteiger partial charge in [0.2, 0.25) is 0 Å². The fourth-order valence-electron chi connectivity index (χ4n) is 5.21. The first-order chi connectivity index (χ1) is 19.4. The van der Waals surface area contributed by atoms with Gasteiger partial charge in [-0.05, 0) is 32.0 Å². The van der Waals surface area contributed by atoms with Crippen LogP contribution in [-0.4, -0.2) is 67.9 Å². The van der Waals surface area contributed by atoms with Gasteiger partial charge >= 0.3 is 6.01 Å². The van der Waals surface area contributed by atoms with Crippen molar-refractivity contribution in [3.05, 3.63) is 60.9 Å². The summed E-state index contributed by atoms with van der Waals surface area (Å²) in [7, 11) is 3.33. The lowest BCUT2D eigenvalue weighted by atomic mass is 10.0. The van der Waals surface area contributed by atoms with Gasteiger partial charge in [0.05, 0.1) is 30.6 Å². The molecule has 0 saturated carbocycles. The minimum absolute atomic E-state index is 0.193. The molecule has 2 aromatic carbocycles. The van der Waals surface area contributed by atoms with Crippen molar-refractivity contribution in [2.75, 3.05) is 30.4 Å². The van der Waals surface area contributed by atoms with Crippen LogP contribution in [0.1, 0.15) is 24.2 Å². The van der Waals surface area contributed by atoms with Crippen molar-refractivity contribution in [3.8, 4) is 17.5 Å². The van der Waals surface area contributed by atoms with Gasteiger partial charge in [0.25, 0.3) is 5.91 Å². The number of rotatable bonds is 6. The summed E-state index contributed by atoms with van der Waals surface area (Å²) in [4.78, 5) is 33.0. The van der Waals surface area contributed by atoms with E-state index < -0.39 is 0 Å². The van der Waals surface area contributed by atoms with Crippen LogP contribution in [-0.2, 0) is 7.05 Å². The number of aromatic nitrogens is 6. The van der Waals surface area contributed by atoms with Crippen LogP contribution in [0.15, 0.2) is 55.4 Å². The van der Waals surface area contributed by atoms with E-state index in [1.54, 1.807) is 35.4 Å². The van der Waals surface area contributed by atoms with E-state index in [2.05, 4.69) is 54.4 Å². The number of piperazine rings is 1. The topological polar surface area (TPSA) is 132 Å². The smallest absolute Gasteiger partial charge is 0.316 e. The molecule has 12 heteroatoms. The second kappa shape index (κ2) is 10.4. The summed E-state index contributed by atoms with van der Waals surface area (Å²) < 4.78 is 13.0. The molecule has 0 unspecified atom stereocenters. The van der Waals surface area contributed by atoms with Crippen LogP contribution in [0.5, 0.6) is 17.5 Å². The summed E-state index contributed by atoms with van der Waals surface area (Å²) in [5, 5.41) is 12.7. The molecule has 0 aliphatic carbocycles. The van der Waals surface area contributed by atoms with Gasteiger partial charge in [-0.25, -0.2) is 15.0 Å². The number of hydrogen-bond acceptors (Lipinski definition) is 10. The highest BCUT2D eigenvalue weighted by molar-refractivity contribution is 6.14. The zero-order valence-electron chi connectivity index (χ0n) is 22.6. The van der Waals surface area contributed by atoms with E-state index in [1.165, 1.54) is 13.4 Å². The zero-order chi connectivity index (χ0) is 27.8. The van der Waals surface area contributed by atoms with E-state index in [0.29, 0.717) is 45.9 Å². The Morgan fingerprint density at radius 3 is 2.60 bits per heavy atom. The number of carbonyl (C=O) groups excluding carboxylic acids is 1. The number of nitrogens with zero attached hydrogens (tertiary/aromatic N) is 7. The van der Waals surface area contributed by atoms with E-state index in [9.17, 15) is 4.79 Å². The number of nitrogens with one attached hydrogen (secondary N) is 2. The maximum Gasteiger partial charge on any atom is 0.316 e. The average molecular weight is 540 g/mol.